The van der Waals surface area contributed by atoms with Crippen molar-refractivity contribution < 1.29 is 22.7 Å². The molecule has 0 amide bonds. The van der Waals surface area contributed by atoms with Crippen LogP contribution in [0.1, 0.15) is 34.7 Å². The molecule has 1 aromatic carbocycles. The third-order valence-corrected chi connectivity index (χ3v) is 4.67. The van der Waals surface area contributed by atoms with Gasteiger partial charge in [-0.15, -0.1) is 0 Å². The van der Waals surface area contributed by atoms with Crippen molar-refractivity contribution in [2.24, 2.45) is 0 Å². The van der Waals surface area contributed by atoms with Crippen LogP contribution < -0.4 is 9.64 Å². The summed E-state index contributed by atoms with van der Waals surface area (Å²) in [5.41, 5.74) is 0.735. The molecule has 0 spiro atoms. The first-order valence-electron chi connectivity index (χ1n) is 8.35. The number of halogens is 3. The van der Waals surface area contributed by atoms with Gasteiger partial charge in [0, 0.05) is 24.8 Å². The number of hydrogen-bond donors (Lipinski definition) is 0. The van der Waals surface area contributed by atoms with Crippen molar-refractivity contribution in [1.82, 2.24) is 4.98 Å². The Kier molecular flexibility index (Phi) is 5.15. The predicted molar refractivity (Wildman–Crippen MR) is 91.8 cm³/mol. The second-order valence-corrected chi connectivity index (χ2v) is 6.24. The zero-order valence-corrected chi connectivity index (χ0v) is 14.3. The molecule has 26 heavy (non-hydrogen) atoms. The van der Waals surface area contributed by atoms with E-state index in [-0.39, 0.29) is 0 Å². The van der Waals surface area contributed by atoms with Gasteiger partial charge >= 0.3 is 6.18 Å². The lowest BCUT2D eigenvalue weighted by molar-refractivity contribution is -0.0885. The second-order valence-electron chi connectivity index (χ2n) is 6.24. The number of hydrogen-bond acceptors (Lipinski definition) is 4. The summed E-state index contributed by atoms with van der Waals surface area (Å²) in [7, 11) is 1.65. The molecule has 0 unspecified atom stereocenters. The molecule has 0 N–H and O–H groups in total. The number of benzene rings is 1. The van der Waals surface area contributed by atoms with Crippen molar-refractivity contribution in [3.8, 4) is 5.75 Å². The molecule has 1 aliphatic rings. The minimum absolute atomic E-state index is 0.369. The van der Waals surface area contributed by atoms with E-state index in [2.05, 4.69) is 11.1 Å². The Morgan fingerprint density at radius 2 is 1.85 bits per heavy atom. The fraction of sp³-hybridized carbons (Fsp3) is 0.368. The summed E-state index contributed by atoms with van der Waals surface area (Å²) in [5, 5.41) is 0. The van der Waals surface area contributed by atoms with Gasteiger partial charge in [-0.05, 0) is 42.5 Å². The van der Waals surface area contributed by atoms with Gasteiger partial charge in [0.2, 0.25) is 0 Å². The number of ether oxygens (including phenoxy) is 1. The highest BCUT2D eigenvalue weighted by Crippen LogP contribution is 2.35. The lowest BCUT2D eigenvalue weighted by Gasteiger charge is -2.33. The number of carbonyl (C=O) groups excluding carboxylic acids is 1. The smallest absolute Gasteiger partial charge is 0.454 e. The summed E-state index contributed by atoms with van der Waals surface area (Å²) in [5.74, 6) is -0.0406. The number of piperidine rings is 1. The van der Waals surface area contributed by atoms with Gasteiger partial charge in [0.1, 0.15) is 11.6 Å². The average Bonchev–Trinajstić information content (AvgIpc) is 2.67. The van der Waals surface area contributed by atoms with Crippen molar-refractivity contribution >= 4 is 11.6 Å². The Balaban J connectivity index is 1.66. The number of carbonyl (C=O) groups is 1. The quantitative estimate of drug-likeness (QED) is 0.762. The highest BCUT2D eigenvalue weighted by atomic mass is 19.4. The summed E-state index contributed by atoms with van der Waals surface area (Å²) in [6.45, 7) is 1.48. The molecule has 1 fully saturated rings. The number of rotatable bonds is 4. The molecule has 4 nitrogen and oxygen atoms in total. The number of para-hydroxylation sites is 1. The Bertz CT molecular complexity index is 767. The SMILES string of the molecule is COc1ccccc1C1CCN(c2ccc(C(=O)C(F)(F)F)cn2)CC1. The van der Waals surface area contributed by atoms with Crippen molar-refractivity contribution in [2.75, 3.05) is 25.1 Å². The highest BCUT2D eigenvalue weighted by molar-refractivity contribution is 6.00. The first kappa shape index (κ1) is 18.2. The molecule has 2 heterocycles. The molecule has 2 aromatic rings. The number of aromatic nitrogens is 1. The van der Waals surface area contributed by atoms with E-state index < -0.39 is 17.5 Å². The lowest BCUT2D eigenvalue weighted by atomic mass is 9.89. The molecular formula is C19H19F3N2O2. The van der Waals surface area contributed by atoms with Crippen molar-refractivity contribution in [3.63, 3.8) is 0 Å². The van der Waals surface area contributed by atoms with Crippen LogP contribution in [0.5, 0.6) is 5.75 Å². The van der Waals surface area contributed by atoms with E-state index >= 15 is 0 Å². The van der Waals surface area contributed by atoms with Gasteiger partial charge in [0.15, 0.2) is 0 Å². The molecule has 0 saturated carbocycles. The van der Waals surface area contributed by atoms with Crippen molar-refractivity contribution in [2.45, 2.75) is 24.9 Å². The average molecular weight is 364 g/mol. The zero-order chi connectivity index (χ0) is 18.7. The molecule has 7 heteroatoms. The van der Waals surface area contributed by atoms with Gasteiger partial charge in [-0.3, -0.25) is 4.79 Å². The second kappa shape index (κ2) is 7.35. The molecule has 0 atom stereocenters. The van der Waals surface area contributed by atoms with E-state index in [0.29, 0.717) is 11.7 Å². The summed E-state index contributed by atoms with van der Waals surface area (Å²) in [6, 6.07) is 10.6. The van der Waals surface area contributed by atoms with Gasteiger partial charge in [0.05, 0.1) is 7.11 Å². The number of ketones is 1. The molecule has 1 aliphatic heterocycles. The van der Waals surface area contributed by atoms with Crippen molar-refractivity contribution in [3.05, 3.63) is 53.7 Å². The molecule has 1 aromatic heterocycles. The Hall–Kier alpha value is -2.57. The first-order chi connectivity index (χ1) is 12.4. The topological polar surface area (TPSA) is 42.4 Å². The zero-order valence-electron chi connectivity index (χ0n) is 14.3. The number of nitrogens with zero attached hydrogens (tertiary/aromatic N) is 2. The van der Waals surface area contributed by atoms with Gasteiger partial charge in [-0.25, -0.2) is 4.98 Å². The van der Waals surface area contributed by atoms with E-state index in [9.17, 15) is 18.0 Å². The highest BCUT2D eigenvalue weighted by Gasteiger charge is 2.39. The summed E-state index contributed by atoms with van der Waals surface area (Å²) < 4.78 is 42.8. The van der Waals surface area contributed by atoms with Crippen LogP contribution in [0.2, 0.25) is 0 Å². The fourth-order valence-corrected chi connectivity index (χ4v) is 3.29. The molecule has 138 valence electrons. The van der Waals surface area contributed by atoms with Crippen LogP contribution in [-0.2, 0) is 0 Å². The fourth-order valence-electron chi connectivity index (χ4n) is 3.29. The number of Topliss-reactive ketones (excluding diaryl/α,β-unsaturated/α-hetero) is 1. The van der Waals surface area contributed by atoms with E-state index in [1.807, 2.05) is 23.1 Å². The molecule has 0 aliphatic carbocycles. The standard InChI is InChI=1S/C19H19F3N2O2/c1-26-16-5-3-2-4-15(16)13-8-10-24(11-9-13)17-7-6-14(12-23-17)18(25)19(20,21)22/h2-7,12-13H,8-11H2,1H3. The van der Waals surface area contributed by atoms with Crippen LogP contribution in [0.15, 0.2) is 42.6 Å². The van der Waals surface area contributed by atoms with E-state index in [4.69, 9.17) is 4.74 Å². The van der Waals surface area contributed by atoms with E-state index in [1.165, 1.54) is 17.7 Å². The number of methoxy groups -OCH3 is 1. The molecule has 1 saturated heterocycles. The van der Waals surface area contributed by atoms with Crippen LogP contribution in [0.25, 0.3) is 0 Å². The van der Waals surface area contributed by atoms with Crippen LogP contribution in [0.3, 0.4) is 0 Å². The number of anilines is 1. The monoisotopic (exact) mass is 364 g/mol. The Morgan fingerprint density at radius 3 is 2.42 bits per heavy atom. The van der Waals surface area contributed by atoms with Crippen molar-refractivity contribution in [1.29, 1.82) is 0 Å². The minimum atomic E-state index is -4.88. The Morgan fingerprint density at radius 1 is 1.15 bits per heavy atom. The first-order valence-corrected chi connectivity index (χ1v) is 8.35. The summed E-state index contributed by atoms with van der Waals surface area (Å²) in [4.78, 5) is 17.3. The van der Waals surface area contributed by atoms with Crippen LogP contribution in [0, 0.1) is 0 Å². The number of alkyl halides is 3. The van der Waals surface area contributed by atoms with Gasteiger partial charge in [-0.2, -0.15) is 13.2 Å². The third-order valence-electron chi connectivity index (χ3n) is 4.67. The molecule has 0 radical (unpaired) electrons. The van der Waals surface area contributed by atoms with Crippen LogP contribution >= 0.6 is 0 Å². The molecule has 3 rings (SSSR count). The van der Waals surface area contributed by atoms with Crippen LogP contribution in [-0.4, -0.2) is 37.1 Å². The minimum Gasteiger partial charge on any atom is -0.496 e. The molecule has 0 bridgehead atoms. The van der Waals surface area contributed by atoms with Crippen LogP contribution in [0.4, 0.5) is 19.0 Å². The van der Waals surface area contributed by atoms with Gasteiger partial charge < -0.3 is 9.64 Å². The maximum Gasteiger partial charge on any atom is 0.454 e. The predicted octanol–water partition coefficient (Wildman–Crippen LogP) is 4.22. The maximum atomic E-state index is 12.5. The summed E-state index contributed by atoms with van der Waals surface area (Å²) >= 11 is 0. The number of pyridine rings is 1. The Labute approximate surface area is 149 Å². The van der Waals surface area contributed by atoms with Gasteiger partial charge in [0.25, 0.3) is 5.78 Å². The summed E-state index contributed by atoms with van der Waals surface area (Å²) in [6.07, 6.45) is -2.09. The molecular weight excluding hydrogens is 345 g/mol. The third kappa shape index (κ3) is 3.81. The lowest BCUT2D eigenvalue weighted by Crippen LogP contribution is -2.33. The van der Waals surface area contributed by atoms with Gasteiger partial charge in [-0.1, -0.05) is 18.2 Å². The maximum absolute atomic E-state index is 12.5. The van der Waals surface area contributed by atoms with E-state index in [0.717, 1.165) is 37.9 Å². The van der Waals surface area contributed by atoms with E-state index in [1.54, 1.807) is 7.11 Å². The normalized spacial score (nSPS) is 15.8. The largest absolute Gasteiger partial charge is 0.496 e.